The van der Waals surface area contributed by atoms with Crippen molar-refractivity contribution < 1.29 is 9.53 Å². The number of amides is 1. The first kappa shape index (κ1) is 14.8. The van der Waals surface area contributed by atoms with Gasteiger partial charge in [-0.05, 0) is 56.6 Å². The number of hydrogen-bond donors (Lipinski definition) is 3. The number of ether oxygens (including phenoxy) is 1. The van der Waals surface area contributed by atoms with Gasteiger partial charge in [-0.2, -0.15) is 0 Å². The van der Waals surface area contributed by atoms with Crippen LogP contribution in [0, 0.1) is 0 Å². The maximum Gasteiger partial charge on any atom is 0.250 e. The molecule has 0 aromatic heterocycles. The van der Waals surface area contributed by atoms with Crippen LogP contribution in [0.2, 0.25) is 0 Å². The van der Waals surface area contributed by atoms with Gasteiger partial charge in [0.25, 0.3) is 0 Å². The Morgan fingerprint density at radius 1 is 1.25 bits per heavy atom. The number of anilines is 2. The zero-order valence-corrected chi connectivity index (χ0v) is 11.9. The third-order valence-corrected chi connectivity index (χ3v) is 3.39. The summed E-state index contributed by atoms with van der Waals surface area (Å²) in [7, 11) is 1.51. The van der Waals surface area contributed by atoms with E-state index >= 15 is 0 Å². The Balaban J connectivity index is 1.85. The Kier molecular flexibility index (Phi) is 5.83. The number of hydrogen-bond acceptors (Lipinski definition) is 4. The van der Waals surface area contributed by atoms with Crippen molar-refractivity contribution in [2.45, 2.75) is 25.3 Å². The van der Waals surface area contributed by atoms with Crippen LogP contribution in [0.25, 0.3) is 0 Å². The lowest BCUT2D eigenvalue weighted by molar-refractivity contribution is -0.119. The van der Waals surface area contributed by atoms with Gasteiger partial charge in [-0.1, -0.05) is 0 Å². The van der Waals surface area contributed by atoms with Gasteiger partial charge < -0.3 is 20.7 Å². The molecule has 0 spiro atoms. The van der Waals surface area contributed by atoms with Gasteiger partial charge in [0.1, 0.15) is 6.61 Å². The molecule has 1 fully saturated rings. The van der Waals surface area contributed by atoms with Crippen molar-refractivity contribution in [3.8, 4) is 0 Å². The standard InChI is InChI=1S/C15H23N3O2/c1-20-11-15(19)18-14-6-4-13(5-7-14)17-12-3-2-9-16-10-8-12/h4-7,12,16-17H,2-3,8-11H2,1H3,(H,18,19). The molecule has 1 aliphatic rings. The number of methoxy groups -OCH3 is 1. The fourth-order valence-electron chi connectivity index (χ4n) is 2.38. The summed E-state index contributed by atoms with van der Waals surface area (Å²) in [5, 5.41) is 9.74. The van der Waals surface area contributed by atoms with E-state index in [9.17, 15) is 4.79 Å². The Hall–Kier alpha value is -1.59. The van der Waals surface area contributed by atoms with Crippen LogP contribution in [0.15, 0.2) is 24.3 Å². The summed E-state index contributed by atoms with van der Waals surface area (Å²) in [4.78, 5) is 11.4. The molecule has 0 saturated carbocycles. The quantitative estimate of drug-likeness (QED) is 0.768. The van der Waals surface area contributed by atoms with Crippen LogP contribution in [-0.2, 0) is 9.53 Å². The van der Waals surface area contributed by atoms with Crippen LogP contribution in [0.5, 0.6) is 0 Å². The van der Waals surface area contributed by atoms with Gasteiger partial charge in [-0.25, -0.2) is 0 Å². The molecule has 1 heterocycles. The molecule has 3 N–H and O–H groups in total. The molecule has 110 valence electrons. The number of benzene rings is 1. The van der Waals surface area contributed by atoms with Gasteiger partial charge in [0.05, 0.1) is 0 Å². The molecule has 1 saturated heterocycles. The SMILES string of the molecule is COCC(=O)Nc1ccc(NC2CCCNCC2)cc1. The molecule has 0 bridgehead atoms. The molecule has 5 heteroatoms. The first-order chi connectivity index (χ1) is 9.78. The molecule has 5 nitrogen and oxygen atoms in total. The van der Waals surface area contributed by atoms with Crippen molar-refractivity contribution in [2.24, 2.45) is 0 Å². The average molecular weight is 277 g/mol. The van der Waals surface area contributed by atoms with Crippen LogP contribution in [-0.4, -0.2) is 38.8 Å². The number of nitrogens with one attached hydrogen (secondary N) is 3. The van der Waals surface area contributed by atoms with E-state index in [1.165, 1.54) is 20.0 Å². The Bertz CT molecular complexity index is 412. The fraction of sp³-hybridized carbons (Fsp3) is 0.533. The molecule has 20 heavy (non-hydrogen) atoms. The van der Waals surface area contributed by atoms with Crippen molar-refractivity contribution in [2.75, 3.05) is 37.4 Å². The second-order valence-electron chi connectivity index (χ2n) is 5.08. The van der Waals surface area contributed by atoms with Crippen LogP contribution >= 0.6 is 0 Å². The number of rotatable bonds is 5. The first-order valence-corrected chi connectivity index (χ1v) is 7.14. The van der Waals surface area contributed by atoms with Gasteiger partial charge in [0.15, 0.2) is 0 Å². The van der Waals surface area contributed by atoms with Gasteiger partial charge in [-0.3, -0.25) is 4.79 Å². The van der Waals surface area contributed by atoms with Crippen LogP contribution < -0.4 is 16.0 Å². The highest BCUT2D eigenvalue weighted by Gasteiger charge is 2.11. The molecular weight excluding hydrogens is 254 g/mol. The smallest absolute Gasteiger partial charge is 0.250 e. The molecule has 1 aromatic carbocycles. The van der Waals surface area contributed by atoms with Crippen LogP contribution in [0.3, 0.4) is 0 Å². The lowest BCUT2D eigenvalue weighted by Crippen LogP contribution is -2.21. The van der Waals surface area contributed by atoms with E-state index < -0.39 is 0 Å². The second kappa shape index (κ2) is 7.87. The molecule has 0 aliphatic carbocycles. The summed E-state index contributed by atoms with van der Waals surface area (Å²) in [6.45, 7) is 2.26. The van der Waals surface area contributed by atoms with E-state index in [1.54, 1.807) is 0 Å². The van der Waals surface area contributed by atoms with Gasteiger partial charge in [0, 0.05) is 24.5 Å². The third kappa shape index (κ3) is 4.83. The highest BCUT2D eigenvalue weighted by atomic mass is 16.5. The van der Waals surface area contributed by atoms with E-state index in [0.717, 1.165) is 30.9 Å². The predicted octanol–water partition coefficient (Wildman–Crippen LogP) is 1.83. The minimum Gasteiger partial charge on any atom is -0.382 e. The topological polar surface area (TPSA) is 62.4 Å². The van der Waals surface area contributed by atoms with Crippen LogP contribution in [0.4, 0.5) is 11.4 Å². The third-order valence-electron chi connectivity index (χ3n) is 3.39. The molecule has 1 unspecified atom stereocenters. The molecule has 2 rings (SSSR count). The van der Waals surface area contributed by atoms with E-state index in [2.05, 4.69) is 16.0 Å². The lowest BCUT2D eigenvalue weighted by atomic mass is 10.1. The first-order valence-electron chi connectivity index (χ1n) is 7.14. The van der Waals surface area contributed by atoms with Crippen molar-refractivity contribution >= 4 is 17.3 Å². The molecule has 1 atom stereocenters. The van der Waals surface area contributed by atoms with Gasteiger partial charge >= 0.3 is 0 Å². The molecular formula is C15H23N3O2. The van der Waals surface area contributed by atoms with E-state index in [-0.39, 0.29) is 12.5 Å². The van der Waals surface area contributed by atoms with Crippen LogP contribution in [0.1, 0.15) is 19.3 Å². The summed E-state index contributed by atoms with van der Waals surface area (Å²) >= 11 is 0. The normalized spacial score (nSPS) is 19.1. The zero-order valence-electron chi connectivity index (χ0n) is 11.9. The van der Waals surface area contributed by atoms with Gasteiger partial charge in [-0.15, -0.1) is 0 Å². The summed E-state index contributed by atoms with van der Waals surface area (Å²) in [5.41, 5.74) is 1.89. The van der Waals surface area contributed by atoms with E-state index in [0.29, 0.717) is 6.04 Å². The lowest BCUT2D eigenvalue weighted by Gasteiger charge is -2.17. The summed E-state index contributed by atoms with van der Waals surface area (Å²) in [6, 6.07) is 8.34. The fourth-order valence-corrected chi connectivity index (χ4v) is 2.38. The van der Waals surface area contributed by atoms with E-state index in [4.69, 9.17) is 4.74 Å². The minimum absolute atomic E-state index is 0.0784. The summed E-state index contributed by atoms with van der Waals surface area (Å²) in [6.07, 6.45) is 3.55. The Morgan fingerprint density at radius 3 is 2.75 bits per heavy atom. The minimum atomic E-state index is -0.136. The highest BCUT2D eigenvalue weighted by molar-refractivity contribution is 5.91. The number of carbonyl (C=O) groups excluding carboxylic acids is 1. The van der Waals surface area contributed by atoms with Gasteiger partial charge in [0.2, 0.25) is 5.91 Å². The molecule has 0 radical (unpaired) electrons. The highest BCUT2D eigenvalue weighted by Crippen LogP contribution is 2.17. The monoisotopic (exact) mass is 277 g/mol. The maximum atomic E-state index is 11.4. The second-order valence-corrected chi connectivity index (χ2v) is 5.08. The van der Waals surface area contributed by atoms with E-state index in [1.807, 2.05) is 24.3 Å². The average Bonchev–Trinajstić information content (AvgIpc) is 2.70. The largest absolute Gasteiger partial charge is 0.382 e. The van der Waals surface area contributed by atoms with Crippen molar-refractivity contribution in [1.82, 2.24) is 5.32 Å². The predicted molar refractivity (Wildman–Crippen MR) is 81.1 cm³/mol. The Labute approximate surface area is 120 Å². The van der Waals surface area contributed by atoms with Crippen molar-refractivity contribution in [3.05, 3.63) is 24.3 Å². The Morgan fingerprint density at radius 2 is 2.00 bits per heavy atom. The molecule has 1 aromatic rings. The van der Waals surface area contributed by atoms with Crippen molar-refractivity contribution in [1.29, 1.82) is 0 Å². The molecule has 1 amide bonds. The number of carbonyl (C=O) groups is 1. The zero-order chi connectivity index (χ0) is 14.2. The maximum absolute atomic E-state index is 11.4. The summed E-state index contributed by atoms with van der Waals surface area (Å²) in [5.74, 6) is -0.136. The van der Waals surface area contributed by atoms with Crippen molar-refractivity contribution in [3.63, 3.8) is 0 Å². The summed E-state index contributed by atoms with van der Waals surface area (Å²) < 4.78 is 4.78. The molecule has 1 aliphatic heterocycles.